The molecule has 7 heteroatoms. The maximum absolute atomic E-state index is 13.5. The molecule has 1 aromatic heterocycles. The molecule has 2 N–H and O–H groups in total. The van der Waals surface area contributed by atoms with E-state index in [0.29, 0.717) is 11.8 Å². The number of hydrogen-bond acceptors (Lipinski definition) is 2. The second-order valence-electron chi connectivity index (χ2n) is 4.05. The zero-order valence-electron chi connectivity index (χ0n) is 9.78. The normalized spacial score (nSPS) is 11.8. The van der Waals surface area contributed by atoms with E-state index >= 15 is 0 Å². The number of alkyl halides is 3. The Bertz CT molecular complexity index is 575. The molecule has 1 aromatic carbocycles. The SMILES string of the molecule is NCc1ccc(F)c(Cn2cc(C(F)(F)F)cn2)c1. The van der Waals surface area contributed by atoms with Crippen molar-refractivity contribution in [3.05, 3.63) is 53.1 Å². The maximum Gasteiger partial charge on any atom is 0.419 e. The minimum atomic E-state index is -4.45. The third-order valence-corrected chi connectivity index (χ3v) is 2.64. The molecule has 0 atom stereocenters. The van der Waals surface area contributed by atoms with E-state index in [-0.39, 0.29) is 18.7 Å². The van der Waals surface area contributed by atoms with Crippen LogP contribution in [0.5, 0.6) is 0 Å². The minimum Gasteiger partial charge on any atom is -0.326 e. The van der Waals surface area contributed by atoms with Gasteiger partial charge >= 0.3 is 6.18 Å². The first-order valence-corrected chi connectivity index (χ1v) is 5.47. The highest BCUT2D eigenvalue weighted by molar-refractivity contribution is 5.25. The zero-order chi connectivity index (χ0) is 14.0. The Morgan fingerprint density at radius 3 is 2.58 bits per heavy atom. The van der Waals surface area contributed by atoms with Gasteiger partial charge in [0.15, 0.2) is 0 Å². The first-order chi connectivity index (χ1) is 8.90. The van der Waals surface area contributed by atoms with Crippen molar-refractivity contribution in [3.63, 3.8) is 0 Å². The van der Waals surface area contributed by atoms with Gasteiger partial charge in [-0.15, -0.1) is 0 Å². The highest BCUT2D eigenvalue weighted by atomic mass is 19.4. The fourth-order valence-electron chi connectivity index (χ4n) is 1.65. The molecule has 0 aliphatic heterocycles. The summed E-state index contributed by atoms with van der Waals surface area (Å²) in [6.07, 6.45) is -2.89. The fourth-order valence-corrected chi connectivity index (χ4v) is 1.65. The second-order valence-corrected chi connectivity index (χ2v) is 4.05. The third-order valence-electron chi connectivity index (χ3n) is 2.64. The lowest BCUT2D eigenvalue weighted by Gasteiger charge is -2.06. The summed E-state index contributed by atoms with van der Waals surface area (Å²) in [4.78, 5) is 0. The molecule has 3 nitrogen and oxygen atoms in total. The summed E-state index contributed by atoms with van der Waals surface area (Å²) in [5.74, 6) is -0.499. The molecule has 0 saturated carbocycles. The minimum absolute atomic E-state index is 0.0737. The van der Waals surface area contributed by atoms with Crippen LogP contribution in [-0.4, -0.2) is 9.78 Å². The predicted molar refractivity (Wildman–Crippen MR) is 60.6 cm³/mol. The number of rotatable bonds is 3. The van der Waals surface area contributed by atoms with Crippen LogP contribution >= 0.6 is 0 Å². The van der Waals surface area contributed by atoms with Gasteiger partial charge in [0.1, 0.15) is 5.82 Å². The van der Waals surface area contributed by atoms with Crippen molar-refractivity contribution in [2.45, 2.75) is 19.3 Å². The predicted octanol–water partition coefficient (Wildman–Crippen LogP) is 2.55. The van der Waals surface area contributed by atoms with Gasteiger partial charge in [-0.25, -0.2) is 4.39 Å². The highest BCUT2D eigenvalue weighted by Gasteiger charge is 2.32. The zero-order valence-corrected chi connectivity index (χ0v) is 9.78. The van der Waals surface area contributed by atoms with Gasteiger partial charge in [0.25, 0.3) is 0 Å². The Hall–Kier alpha value is -1.89. The molecule has 0 radical (unpaired) electrons. The lowest BCUT2D eigenvalue weighted by Crippen LogP contribution is -2.06. The first-order valence-electron chi connectivity index (χ1n) is 5.47. The first kappa shape index (κ1) is 13.5. The van der Waals surface area contributed by atoms with E-state index in [4.69, 9.17) is 5.73 Å². The van der Waals surface area contributed by atoms with Crippen LogP contribution in [0.1, 0.15) is 16.7 Å². The number of aromatic nitrogens is 2. The average Bonchev–Trinajstić information content (AvgIpc) is 2.80. The van der Waals surface area contributed by atoms with E-state index in [0.717, 1.165) is 10.9 Å². The van der Waals surface area contributed by atoms with E-state index in [1.54, 1.807) is 0 Å². The van der Waals surface area contributed by atoms with Gasteiger partial charge < -0.3 is 5.73 Å². The van der Waals surface area contributed by atoms with Crippen LogP contribution < -0.4 is 5.73 Å². The van der Waals surface area contributed by atoms with Crippen LogP contribution in [0.25, 0.3) is 0 Å². The molecule has 0 spiro atoms. The van der Waals surface area contributed by atoms with E-state index < -0.39 is 17.6 Å². The molecule has 2 rings (SSSR count). The largest absolute Gasteiger partial charge is 0.419 e. The van der Waals surface area contributed by atoms with Gasteiger partial charge in [0, 0.05) is 18.3 Å². The Balaban J connectivity index is 2.24. The molecular formula is C12H11F4N3. The third kappa shape index (κ3) is 3.11. The average molecular weight is 273 g/mol. The fraction of sp³-hybridized carbons (Fsp3) is 0.250. The maximum atomic E-state index is 13.5. The van der Waals surface area contributed by atoms with Crippen molar-refractivity contribution in [2.75, 3.05) is 0 Å². The molecule has 0 bridgehead atoms. The van der Waals surface area contributed by atoms with E-state index in [9.17, 15) is 17.6 Å². The smallest absolute Gasteiger partial charge is 0.326 e. The van der Waals surface area contributed by atoms with Crippen molar-refractivity contribution in [2.24, 2.45) is 5.73 Å². The summed E-state index contributed by atoms with van der Waals surface area (Å²) < 4.78 is 51.8. The van der Waals surface area contributed by atoms with Crippen molar-refractivity contribution >= 4 is 0 Å². The molecule has 2 aromatic rings. The summed E-state index contributed by atoms with van der Waals surface area (Å²) in [7, 11) is 0. The number of benzene rings is 1. The Morgan fingerprint density at radius 2 is 2.00 bits per heavy atom. The quantitative estimate of drug-likeness (QED) is 0.873. The second kappa shape index (κ2) is 5.00. The number of halogens is 4. The summed E-state index contributed by atoms with van der Waals surface area (Å²) in [5, 5.41) is 3.57. The molecule has 0 aliphatic carbocycles. The summed E-state index contributed by atoms with van der Waals surface area (Å²) in [5.41, 5.74) is 5.53. The van der Waals surface area contributed by atoms with Crippen LogP contribution in [0.3, 0.4) is 0 Å². The van der Waals surface area contributed by atoms with Crippen LogP contribution in [0.4, 0.5) is 17.6 Å². The van der Waals surface area contributed by atoms with Gasteiger partial charge in [-0.1, -0.05) is 6.07 Å². The van der Waals surface area contributed by atoms with Crippen LogP contribution in [0, 0.1) is 5.82 Å². The molecule has 0 aliphatic rings. The van der Waals surface area contributed by atoms with Gasteiger partial charge in [-0.3, -0.25) is 4.68 Å². The lowest BCUT2D eigenvalue weighted by molar-refractivity contribution is -0.137. The van der Waals surface area contributed by atoms with Crippen LogP contribution in [-0.2, 0) is 19.3 Å². The van der Waals surface area contributed by atoms with Gasteiger partial charge in [-0.2, -0.15) is 18.3 Å². The molecule has 102 valence electrons. The number of nitrogens with zero attached hydrogens (tertiary/aromatic N) is 2. The molecular weight excluding hydrogens is 262 g/mol. The van der Waals surface area contributed by atoms with Crippen molar-refractivity contribution < 1.29 is 17.6 Å². The van der Waals surface area contributed by atoms with Gasteiger partial charge in [0.2, 0.25) is 0 Å². The van der Waals surface area contributed by atoms with Gasteiger partial charge in [-0.05, 0) is 17.7 Å². The summed E-state index contributed by atoms with van der Waals surface area (Å²) in [6, 6.07) is 4.29. The molecule has 19 heavy (non-hydrogen) atoms. The Labute approximate surface area is 106 Å². The highest BCUT2D eigenvalue weighted by Crippen LogP contribution is 2.28. The van der Waals surface area contributed by atoms with Gasteiger partial charge in [0.05, 0.1) is 18.3 Å². The molecule has 0 saturated heterocycles. The summed E-state index contributed by atoms with van der Waals surface area (Å²) in [6.45, 7) is 0.163. The Kier molecular flexibility index (Phi) is 3.57. The van der Waals surface area contributed by atoms with E-state index in [2.05, 4.69) is 5.10 Å². The van der Waals surface area contributed by atoms with Crippen molar-refractivity contribution in [1.82, 2.24) is 9.78 Å². The molecule has 0 unspecified atom stereocenters. The van der Waals surface area contributed by atoms with Crippen LogP contribution in [0.2, 0.25) is 0 Å². The van der Waals surface area contributed by atoms with E-state index in [1.807, 2.05) is 0 Å². The Morgan fingerprint density at radius 1 is 1.26 bits per heavy atom. The summed E-state index contributed by atoms with van der Waals surface area (Å²) >= 11 is 0. The van der Waals surface area contributed by atoms with E-state index in [1.165, 1.54) is 18.2 Å². The molecule has 0 amide bonds. The topological polar surface area (TPSA) is 43.8 Å². The monoisotopic (exact) mass is 273 g/mol. The number of nitrogens with two attached hydrogens (primary N) is 1. The number of hydrogen-bond donors (Lipinski definition) is 1. The standard InChI is InChI=1S/C12H11F4N3/c13-11-2-1-8(4-17)3-9(11)6-19-7-10(5-18-19)12(14,15)16/h1-3,5,7H,4,6,17H2. The molecule has 0 fully saturated rings. The van der Waals surface area contributed by atoms with Crippen LogP contribution in [0.15, 0.2) is 30.6 Å². The van der Waals surface area contributed by atoms with Crippen molar-refractivity contribution in [1.29, 1.82) is 0 Å². The lowest BCUT2D eigenvalue weighted by atomic mass is 10.1. The molecule has 1 heterocycles. The van der Waals surface area contributed by atoms with Crippen molar-refractivity contribution in [3.8, 4) is 0 Å².